The summed E-state index contributed by atoms with van der Waals surface area (Å²) in [5, 5.41) is 12.6. The fraction of sp³-hybridized carbons (Fsp3) is 0.467. The fourth-order valence-corrected chi connectivity index (χ4v) is 2.99. The quantitative estimate of drug-likeness (QED) is 0.895. The number of nitrogens with one attached hydrogen (secondary N) is 1. The minimum atomic E-state index is -1.08. The second kappa shape index (κ2) is 5.22. The molecule has 1 aromatic rings. The van der Waals surface area contributed by atoms with Crippen LogP contribution in [-0.4, -0.2) is 29.1 Å². The highest BCUT2D eigenvalue weighted by Gasteiger charge is 2.46. The highest BCUT2D eigenvalue weighted by molar-refractivity contribution is 6.30. The van der Waals surface area contributed by atoms with Crippen molar-refractivity contribution in [2.75, 3.05) is 6.61 Å². The number of hydrogen-bond donors (Lipinski definition) is 2. The molecule has 21 heavy (non-hydrogen) atoms. The van der Waals surface area contributed by atoms with Gasteiger partial charge in [-0.2, -0.15) is 0 Å². The van der Waals surface area contributed by atoms with Crippen molar-refractivity contribution in [3.8, 4) is 5.75 Å². The van der Waals surface area contributed by atoms with Crippen LogP contribution >= 0.6 is 11.6 Å². The van der Waals surface area contributed by atoms with Crippen molar-refractivity contribution in [1.29, 1.82) is 0 Å². The molecule has 0 saturated heterocycles. The molecule has 0 bridgehead atoms. The number of carboxylic acids is 1. The predicted molar refractivity (Wildman–Crippen MR) is 76.5 cm³/mol. The van der Waals surface area contributed by atoms with Crippen molar-refractivity contribution in [2.24, 2.45) is 5.92 Å². The van der Waals surface area contributed by atoms with E-state index in [0.29, 0.717) is 24.3 Å². The molecule has 1 fully saturated rings. The minimum absolute atomic E-state index is 0.260. The van der Waals surface area contributed by atoms with Crippen molar-refractivity contribution >= 4 is 23.5 Å². The lowest BCUT2D eigenvalue weighted by atomic mass is 9.76. The number of ether oxygens (including phenoxy) is 1. The molecule has 0 aromatic heterocycles. The number of rotatable bonds is 3. The fourth-order valence-electron chi connectivity index (χ4n) is 2.79. The zero-order chi connectivity index (χ0) is 15.0. The zero-order valence-electron chi connectivity index (χ0n) is 11.4. The molecule has 1 amide bonds. The number of amides is 1. The van der Waals surface area contributed by atoms with Crippen molar-refractivity contribution in [3.63, 3.8) is 0 Å². The highest BCUT2D eigenvalue weighted by Crippen LogP contribution is 2.34. The lowest BCUT2D eigenvalue weighted by Gasteiger charge is -2.39. The molecular weight excluding hydrogens is 294 g/mol. The summed E-state index contributed by atoms with van der Waals surface area (Å²) in [6, 6.07) is 5.32. The zero-order valence-corrected chi connectivity index (χ0v) is 12.2. The van der Waals surface area contributed by atoms with Crippen LogP contribution in [0.4, 0.5) is 0 Å². The van der Waals surface area contributed by atoms with E-state index < -0.39 is 11.5 Å². The van der Waals surface area contributed by atoms with Crippen LogP contribution < -0.4 is 10.1 Å². The Morgan fingerprint density at radius 1 is 1.38 bits per heavy atom. The topological polar surface area (TPSA) is 75.6 Å². The average molecular weight is 310 g/mol. The van der Waals surface area contributed by atoms with E-state index in [1.54, 1.807) is 18.2 Å². The van der Waals surface area contributed by atoms with Crippen molar-refractivity contribution in [2.45, 2.75) is 31.2 Å². The Balaban J connectivity index is 1.71. The molecule has 0 radical (unpaired) electrons. The van der Waals surface area contributed by atoms with Crippen LogP contribution in [-0.2, 0) is 16.0 Å². The normalized spacial score (nSPS) is 22.4. The Morgan fingerprint density at radius 3 is 2.76 bits per heavy atom. The monoisotopic (exact) mass is 309 g/mol. The average Bonchev–Trinajstić information content (AvgIpc) is 2.41. The SMILES string of the molecule is O=C(NC1(C(=O)O)CCC1)C1COc2ccc(Cl)cc2C1. The van der Waals surface area contributed by atoms with Crippen molar-refractivity contribution in [1.82, 2.24) is 5.32 Å². The molecule has 6 heteroatoms. The summed E-state index contributed by atoms with van der Waals surface area (Å²) in [6.07, 6.45) is 2.32. The van der Waals surface area contributed by atoms with E-state index >= 15 is 0 Å². The smallest absolute Gasteiger partial charge is 0.329 e. The standard InChI is InChI=1S/C15H16ClNO4/c16-11-2-3-12-9(7-11)6-10(8-21-12)13(18)17-15(14(19)20)4-1-5-15/h2-3,7,10H,1,4-6,8H2,(H,17,18)(H,19,20). The summed E-state index contributed by atoms with van der Waals surface area (Å²) in [6.45, 7) is 0.260. The Kier molecular flexibility index (Phi) is 3.53. The van der Waals surface area contributed by atoms with Gasteiger partial charge in [0.05, 0.1) is 5.92 Å². The molecular formula is C15H16ClNO4. The van der Waals surface area contributed by atoms with Gasteiger partial charge in [0.25, 0.3) is 0 Å². The molecule has 1 aromatic carbocycles. The van der Waals surface area contributed by atoms with Gasteiger partial charge in [0.2, 0.25) is 5.91 Å². The van der Waals surface area contributed by atoms with Gasteiger partial charge in [0.15, 0.2) is 0 Å². The summed E-state index contributed by atoms with van der Waals surface area (Å²) < 4.78 is 5.57. The number of benzene rings is 1. The van der Waals surface area contributed by atoms with Gasteiger partial charge in [-0.05, 0) is 49.4 Å². The molecule has 1 aliphatic carbocycles. The lowest BCUT2D eigenvalue weighted by Crippen LogP contribution is -2.60. The Labute approximate surface area is 127 Å². The molecule has 2 aliphatic rings. The van der Waals surface area contributed by atoms with Crippen LogP contribution in [0.5, 0.6) is 5.75 Å². The van der Waals surface area contributed by atoms with Gasteiger partial charge in [-0.1, -0.05) is 11.6 Å². The lowest BCUT2D eigenvalue weighted by molar-refractivity contribution is -0.152. The van der Waals surface area contributed by atoms with Gasteiger partial charge in [-0.25, -0.2) is 4.79 Å². The number of carbonyl (C=O) groups is 2. The van der Waals surface area contributed by atoms with Gasteiger partial charge in [-0.15, -0.1) is 0 Å². The van der Waals surface area contributed by atoms with Crippen LogP contribution in [0.2, 0.25) is 5.02 Å². The summed E-state index contributed by atoms with van der Waals surface area (Å²) >= 11 is 5.95. The first-order valence-corrected chi connectivity index (χ1v) is 7.35. The molecule has 1 unspecified atom stereocenters. The molecule has 1 heterocycles. The minimum Gasteiger partial charge on any atom is -0.492 e. The van der Waals surface area contributed by atoms with Gasteiger partial charge in [0.1, 0.15) is 17.9 Å². The van der Waals surface area contributed by atoms with E-state index in [-0.39, 0.29) is 18.4 Å². The molecule has 1 atom stereocenters. The highest BCUT2D eigenvalue weighted by atomic mass is 35.5. The molecule has 112 valence electrons. The third kappa shape index (κ3) is 2.58. The maximum Gasteiger partial charge on any atom is 0.329 e. The maximum absolute atomic E-state index is 12.3. The first-order valence-electron chi connectivity index (χ1n) is 6.97. The first kappa shape index (κ1) is 14.2. The summed E-state index contributed by atoms with van der Waals surface area (Å²) in [5.74, 6) is -0.863. The molecule has 5 nitrogen and oxygen atoms in total. The van der Waals surface area contributed by atoms with E-state index in [0.717, 1.165) is 17.7 Å². The third-order valence-electron chi connectivity index (χ3n) is 4.28. The van der Waals surface area contributed by atoms with E-state index in [9.17, 15) is 14.7 Å². The number of halogens is 1. The summed E-state index contributed by atoms with van der Waals surface area (Å²) in [4.78, 5) is 23.6. The van der Waals surface area contributed by atoms with Gasteiger partial charge in [-0.3, -0.25) is 4.79 Å². The predicted octanol–water partition coefficient (Wildman–Crippen LogP) is 2.01. The van der Waals surface area contributed by atoms with Crippen LogP contribution in [0.1, 0.15) is 24.8 Å². The maximum atomic E-state index is 12.3. The van der Waals surface area contributed by atoms with Crippen LogP contribution in [0.25, 0.3) is 0 Å². The second-order valence-electron chi connectivity index (χ2n) is 5.69. The third-order valence-corrected chi connectivity index (χ3v) is 4.51. The van der Waals surface area contributed by atoms with Crippen LogP contribution in [0.15, 0.2) is 18.2 Å². The number of fused-ring (bicyclic) bond motifs is 1. The van der Waals surface area contributed by atoms with Gasteiger partial charge >= 0.3 is 5.97 Å². The number of carboxylic acid groups (broad SMARTS) is 1. The summed E-state index contributed by atoms with van der Waals surface area (Å²) in [5.41, 5.74) is -0.196. The number of carbonyl (C=O) groups excluding carboxylic acids is 1. The van der Waals surface area contributed by atoms with Crippen molar-refractivity contribution in [3.05, 3.63) is 28.8 Å². The number of hydrogen-bond acceptors (Lipinski definition) is 3. The van der Waals surface area contributed by atoms with E-state index in [1.165, 1.54) is 0 Å². The first-order chi connectivity index (χ1) is 10.00. The largest absolute Gasteiger partial charge is 0.492 e. The molecule has 2 N–H and O–H groups in total. The van der Waals surface area contributed by atoms with Crippen molar-refractivity contribution < 1.29 is 19.4 Å². The molecule has 1 aliphatic heterocycles. The second-order valence-corrected chi connectivity index (χ2v) is 6.13. The van der Waals surface area contributed by atoms with E-state index in [4.69, 9.17) is 16.3 Å². The molecule has 1 saturated carbocycles. The Bertz CT molecular complexity index is 597. The Morgan fingerprint density at radius 2 is 2.14 bits per heavy atom. The van der Waals surface area contributed by atoms with E-state index in [1.807, 2.05) is 0 Å². The van der Waals surface area contributed by atoms with Crippen LogP contribution in [0, 0.1) is 5.92 Å². The van der Waals surface area contributed by atoms with Gasteiger partial charge in [0, 0.05) is 5.02 Å². The van der Waals surface area contributed by atoms with E-state index in [2.05, 4.69) is 5.32 Å². The summed E-state index contributed by atoms with van der Waals surface area (Å²) in [7, 11) is 0. The molecule has 3 rings (SSSR count). The van der Waals surface area contributed by atoms with Crippen LogP contribution in [0.3, 0.4) is 0 Å². The van der Waals surface area contributed by atoms with Gasteiger partial charge < -0.3 is 15.2 Å². The number of aliphatic carboxylic acids is 1. The molecule has 0 spiro atoms. The Hall–Kier alpha value is -1.75.